The van der Waals surface area contributed by atoms with Gasteiger partial charge in [0.15, 0.2) is 0 Å². The van der Waals surface area contributed by atoms with Gasteiger partial charge in [-0.25, -0.2) is 0 Å². The highest BCUT2D eigenvalue weighted by atomic mass is 32.2. The van der Waals surface area contributed by atoms with Crippen molar-refractivity contribution >= 4 is 17.7 Å². The zero-order valence-electron chi connectivity index (χ0n) is 11.7. The Hall–Kier alpha value is -1.51. The van der Waals surface area contributed by atoms with Crippen LogP contribution in [0.2, 0.25) is 0 Å². The molecule has 2 rings (SSSR count). The maximum atomic E-state index is 12.1. The van der Waals surface area contributed by atoms with Crippen molar-refractivity contribution in [1.82, 2.24) is 9.80 Å². The second-order valence-electron chi connectivity index (χ2n) is 4.82. The first kappa shape index (κ1) is 14.9. The number of amides is 1. The highest BCUT2D eigenvalue weighted by Gasteiger charge is 2.23. The number of piperazine rings is 1. The van der Waals surface area contributed by atoms with E-state index < -0.39 is 0 Å². The summed E-state index contributed by atoms with van der Waals surface area (Å²) in [4.78, 5) is 17.3. The summed E-state index contributed by atoms with van der Waals surface area (Å²) in [5, 5.41) is 8.90. The second-order valence-corrected chi connectivity index (χ2v) is 5.87. The summed E-state index contributed by atoms with van der Waals surface area (Å²) in [6, 6.07) is 12.2. The molecule has 0 aromatic heterocycles. The number of benzene rings is 1. The Balaban J connectivity index is 1.76. The molecule has 0 aliphatic carbocycles. The summed E-state index contributed by atoms with van der Waals surface area (Å²) in [6.07, 6.45) is 0. The van der Waals surface area contributed by atoms with Gasteiger partial charge in [-0.05, 0) is 19.1 Å². The fourth-order valence-corrected chi connectivity index (χ4v) is 3.02. The summed E-state index contributed by atoms with van der Waals surface area (Å²) < 4.78 is 0. The molecule has 1 saturated heterocycles. The number of carbonyl (C=O) groups excluding carboxylic acids is 1. The Morgan fingerprint density at radius 1 is 1.30 bits per heavy atom. The van der Waals surface area contributed by atoms with Crippen LogP contribution in [0.1, 0.15) is 6.92 Å². The molecule has 0 saturated carbocycles. The molecule has 1 aliphatic rings. The van der Waals surface area contributed by atoms with Crippen LogP contribution in [0.25, 0.3) is 0 Å². The van der Waals surface area contributed by atoms with Crippen LogP contribution < -0.4 is 0 Å². The van der Waals surface area contributed by atoms with Crippen LogP contribution in [-0.2, 0) is 4.79 Å². The van der Waals surface area contributed by atoms with Crippen molar-refractivity contribution < 1.29 is 4.79 Å². The molecule has 1 unspecified atom stereocenters. The quantitative estimate of drug-likeness (QED) is 0.794. The topological polar surface area (TPSA) is 47.3 Å². The van der Waals surface area contributed by atoms with E-state index in [9.17, 15) is 4.79 Å². The highest BCUT2D eigenvalue weighted by molar-refractivity contribution is 8.00. The molecular weight excluding hydrogens is 270 g/mol. The van der Waals surface area contributed by atoms with Crippen molar-refractivity contribution in [2.24, 2.45) is 0 Å². The molecule has 1 fully saturated rings. The Kier molecular flexibility index (Phi) is 5.45. The number of hydrogen-bond donors (Lipinski definition) is 0. The van der Waals surface area contributed by atoms with E-state index in [2.05, 4.69) is 11.0 Å². The zero-order valence-corrected chi connectivity index (χ0v) is 12.5. The summed E-state index contributed by atoms with van der Waals surface area (Å²) in [6.45, 7) is 4.93. The SMILES string of the molecule is CC(C#N)N1CCN(C(=O)CSc2ccccc2)CC1. The number of thioether (sulfide) groups is 1. The molecular formula is C15H19N3OS. The Morgan fingerprint density at radius 2 is 1.95 bits per heavy atom. The third kappa shape index (κ3) is 3.99. The molecule has 1 amide bonds. The normalized spacial score (nSPS) is 17.5. The number of hydrogen-bond acceptors (Lipinski definition) is 4. The summed E-state index contributed by atoms with van der Waals surface area (Å²) in [7, 11) is 0. The van der Waals surface area contributed by atoms with E-state index in [-0.39, 0.29) is 11.9 Å². The Bertz CT molecular complexity index is 478. The summed E-state index contributed by atoms with van der Waals surface area (Å²) >= 11 is 1.58. The van der Waals surface area contributed by atoms with E-state index in [1.54, 1.807) is 11.8 Å². The smallest absolute Gasteiger partial charge is 0.233 e. The molecule has 20 heavy (non-hydrogen) atoms. The van der Waals surface area contributed by atoms with Gasteiger partial charge in [0.2, 0.25) is 5.91 Å². The van der Waals surface area contributed by atoms with Crippen molar-refractivity contribution in [3.8, 4) is 6.07 Å². The summed E-state index contributed by atoms with van der Waals surface area (Å²) in [5.74, 6) is 0.667. The van der Waals surface area contributed by atoms with Crippen molar-refractivity contribution in [1.29, 1.82) is 5.26 Å². The monoisotopic (exact) mass is 289 g/mol. The molecule has 1 aliphatic heterocycles. The van der Waals surface area contributed by atoms with Crippen LogP contribution in [-0.4, -0.2) is 53.7 Å². The molecule has 0 spiro atoms. The first-order valence-electron chi connectivity index (χ1n) is 6.80. The van der Waals surface area contributed by atoms with Crippen LogP contribution >= 0.6 is 11.8 Å². The third-order valence-electron chi connectivity index (χ3n) is 3.51. The largest absolute Gasteiger partial charge is 0.339 e. The van der Waals surface area contributed by atoms with Gasteiger partial charge in [-0.1, -0.05) is 18.2 Å². The van der Waals surface area contributed by atoms with Gasteiger partial charge >= 0.3 is 0 Å². The fraction of sp³-hybridized carbons (Fsp3) is 0.467. The van der Waals surface area contributed by atoms with E-state index in [4.69, 9.17) is 5.26 Å². The molecule has 5 heteroatoms. The number of nitriles is 1. The number of carbonyl (C=O) groups is 1. The van der Waals surface area contributed by atoms with Gasteiger partial charge in [-0.3, -0.25) is 9.69 Å². The van der Waals surface area contributed by atoms with Crippen LogP contribution in [0.3, 0.4) is 0 Å². The number of nitrogens with zero attached hydrogens (tertiary/aromatic N) is 3. The lowest BCUT2D eigenvalue weighted by Crippen LogP contribution is -2.51. The van der Waals surface area contributed by atoms with Gasteiger partial charge in [-0.2, -0.15) is 5.26 Å². The van der Waals surface area contributed by atoms with Gasteiger partial charge in [0, 0.05) is 31.1 Å². The third-order valence-corrected chi connectivity index (χ3v) is 4.50. The van der Waals surface area contributed by atoms with Gasteiger partial charge in [0.05, 0.1) is 17.9 Å². The predicted molar refractivity (Wildman–Crippen MR) is 80.4 cm³/mol. The average molecular weight is 289 g/mol. The van der Waals surface area contributed by atoms with E-state index >= 15 is 0 Å². The molecule has 0 bridgehead atoms. The maximum Gasteiger partial charge on any atom is 0.233 e. The standard InChI is InChI=1S/C15H19N3OS/c1-13(11-16)17-7-9-18(10-8-17)15(19)12-20-14-5-3-2-4-6-14/h2-6,13H,7-10,12H2,1H3. The van der Waals surface area contributed by atoms with E-state index in [1.165, 1.54) is 0 Å². The molecule has 1 aromatic carbocycles. The Labute approximate surface area is 124 Å². The fourth-order valence-electron chi connectivity index (χ4n) is 2.19. The van der Waals surface area contributed by atoms with E-state index in [0.717, 1.165) is 31.1 Å². The Morgan fingerprint density at radius 3 is 2.55 bits per heavy atom. The molecule has 0 N–H and O–H groups in total. The van der Waals surface area contributed by atoms with Crippen LogP contribution in [0.5, 0.6) is 0 Å². The zero-order chi connectivity index (χ0) is 14.4. The lowest BCUT2D eigenvalue weighted by molar-refractivity contribution is -0.130. The van der Waals surface area contributed by atoms with Crippen molar-refractivity contribution in [3.05, 3.63) is 30.3 Å². The van der Waals surface area contributed by atoms with Crippen molar-refractivity contribution in [3.63, 3.8) is 0 Å². The van der Waals surface area contributed by atoms with Gasteiger partial charge < -0.3 is 4.90 Å². The van der Waals surface area contributed by atoms with E-state index in [1.807, 2.05) is 42.2 Å². The average Bonchev–Trinajstić information content (AvgIpc) is 2.53. The molecule has 1 aromatic rings. The lowest BCUT2D eigenvalue weighted by Gasteiger charge is -2.35. The molecule has 1 heterocycles. The van der Waals surface area contributed by atoms with Crippen LogP contribution in [0.4, 0.5) is 0 Å². The second kappa shape index (κ2) is 7.32. The predicted octanol–water partition coefficient (Wildman–Crippen LogP) is 1.83. The maximum absolute atomic E-state index is 12.1. The lowest BCUT2D eigenvalue weighted by atomic mass is 10.2. The van der Waals surface area contributed by atoms with Crippen LogP contribution in [0.15, 0.2) is 35.2 Å². The first-order chi connectivity index (χ1) is 9.70. The minimum Gasteiger partial charge on any atom is -0.339 e. The van der Waals surface area contributed by atoms with Crippen molar-refractivity contribution in [2.75, 3.05) is 31.9 Å². The molecule has 4 nitrogen and oxygen atoms in total. The minimum atomic E-state index is -0.0639. The molecule has 1 atom stereocenters. The van der Waals surface area contributed by atoms with E-state index in [0.29, 0.717) is 5.75 Å². The van der Waals surface area contributed by atoms with Crippen LogP contribution in [0, 0.1) is 11.3 Å². The van der Waals surface area contributed by atoms with Crippen molar-refractivity contribution in [2.45, 2.75) is 17.9 Å². The van der Waals surface area contributed by atoms with Gasteiger partial charge in [-0.15, -0.1) is 11.8 Å². The summed E-state index contributed by atoms with van der Waals surface area (Å²) in [5.41, 5.74) is 0. The highest BCUT2D eigenvalue weighted by Crippen LogP contribution is 2.18. The molecule has 106 valence electrons. The van der Waals surface area contributed by atoms with Gasteiger partial charge in [0.1, 0.15) is 0 Å². The number of rotatable bonds is 4. The first-order valence-corrected chi connectivity index (χ1v) is 7.78. The minimum absolute atomic E-state index is 0.0639. The molecule has 0 radical (unpaired) electrons. The van der Waals surface area contributed by atoms with Gasteiger partial charge in [0.25, 0.3) is 0 Å².